The Labute approximate surface area is 241 Å². The van der Waals surface area contributed by atoms with Crippen LogP contribution in [-0.2, 0) is 13.0 Å². The van der Waals surface area contributed by atoms with Crippen LogP contribution in [0.15, 0.2) is 54.6 Å². The van der Waals surface area contributed by atoms with Gasteiger partial charge in [-0.1, -0.05) is 89.9 Å². The number of amides is 4. The number of nitrogens with zero attached hydrogens (tertiary/aromatic N) is 2. The molecule has 2 aromatic rings. The lowest BCUT2D eigenvalue weighted by atomic mass is 9.81. The van der Waals surface area contributed by atoms with Gasteiger partial charge in [0.2, 0.25) is 0 Å². The highest BCUT2D eigenvalue weighted by atomic mass is 16.5. The van der Waals surface area contributed by atoms with Gasteiger partial charge in [0.15, 0.2) is 0 Å². The lowest BCUT2D eigenvalue weighted by Crippen LogP contribution is -2.57. The van der Waals surface area contributed by atoms with Crippen LogP contribution >= 0.6 is 0 Å². The number of benzene rings is 2. The molecule has 1 aliphatic rings. The topological polar surface area (TPSA) is 87.9 Å². The molecule has 1 aliphatic heterocycles. The first kappa shape index (κ1) is 31.3. The SMILES string of the molecule is CC(C)CC(CN(C(N)=O)C(Cc1ccc(OCc2ccccc2)cc1)C(C)(C)C)NC(=O)N1CCCCCC1. The summed E-state index contributed by atoms with van der Waals surface area (Å²) in [5.74, 6) is 1.17. The van der Waals surface area contributed by atoms with Crippen molar-refractivity contribution < 1.29 is 14.3 Å². The maximum absolute atomic E-state index is 13.2. The molecule has 4 amide bonds. The Morgan fingerprint density at radius 1 is 0.950 bits per heavy atom. The molecule has 0 saturated carbocycles. The zero-order valence-corrected chi connectivity index (χ0v) is 25.2. The summed E-state index contributed by atoms with van der Waals surface area (Å²) in [5.41, 5.74) is 8.02. The minimum absolute atomic E-state index is 0.0321. The molecule has 2 aromatic carbocycles. The summed E-state index contributed by atoms with van der Waals surface area (Å²) >= 11 is 0. The van der Waals surface area contributed by atoms with Gasteiger partial charge in [0.25, 0.3) is 0 Å². The second-order valence-corrected chi connectivity index (χ2v) is 12.7. The predicted molar refractivity (Wildman–Crippen MR) is 162 cm³/mol. The molecular weight excluding hydrogens is 500 g/mol. The van der Waals surface area contributed by atoms with Gasteiger partial charge in [-0.25, -0.2) is 9.59 Å². The van der Waals surface area contributed by atoms with E-state index in [4.69, 9.17) is 10.5 Å². The summed E-state index contributed by atoms with van der Waals surface area (Å²) < 4.78 is 5.96. The Balaban J connectivity index is 1.72. The summed E-state index contributed by atoms with van der Waals surface area (Å²) in [6, 6.07) is 17.4. The van der Waals surface area contributed by atoms with Crippen LogP contribution in [0, 0.1) is 11.3 Å². The minimum atomic E-state index is -0.458. The third-order valence-electron chi connectivity index (χ3n) is 7.65. The molecule has 0 aliphatic carbocycles. The van der Waals surface area contributed by atoms with Crippen LogP contribution in [0.3, 0.4) is 0 Å². The van der Waals surface area contributed by atoms with Crippen molar-refractivity contribution in [3.63, 3.8) is 0 Å². The van der Waals surface area contributed by atoms with Gasteiger partial charge in [-0.15, -0.1) is 0 Å². The van der Waals surface area contributed by atoms with E-state index in [2.05, 4.69) is 52.1 Å². The third kappa shape index (κ3) is 10.1. The molecule has 7 heteroatoms. The van der Waals surface area contributed by atoms with Crippen LogP contribution in [0.5, 0.6) is 5.75 Å². The fourth-order valence-electron chi connectivity index (χ4n) is 5.47. The van der Waals surface area contributed by atoms with Crippen molar-refractivity contribution in [2.24, 2.45) is 17.1 Å². The summed E-state index contributed by atoms with van der Waals surface area (Å²) in [4.78, 5) is 29.8. The Morgan fingerprint density at radius 3 is 2.12 bits per heavy atom. The van der Waals surface area contributed by atoms with E-state index in [0.717, 1.165) is 49.2 Å². The highest BCUT2D eigenvalue weighted by molar-refractivity contribution is 5.75. The summed E-state index contributed by atoms with van der Waals surface area (Å²) in [6.45, 7) is 13.2. The Bertz CT molecular complexity index is 1040. The van der Waals surface area contributed by atoms with Crippen molar-refractivity contribution in [2.75, 3.05) is 19.6 Å². The monoisotopic (exact) mass is 550 g/mol. The molecule has 220 valence electrons. The van der Waals surface area contributed by atoms with Crippen molar-refractivity contribution >= 4 is 12.1 Å². The lowest BCUT2D eigenvalue weighted by molar-refractivity contribution is 0.109. The molecule has 7 nitrogen and oxygen atoms in total. The first-order chi connectivity index (χ1) is 19.0. The summed E-state index contributed by atoms with van der Waals surface area (Å²) in [7, 11) is 0. The molecule has 0 bridgehead atoms. The smallest absolute Gasteiger partial charge is 0.317 e. The predicted octanol–water partition coefficient (Wildman–Crippen LogP) is 6.60. The average Bonchev–Trinajstić information content (AvgIpc) is 3.19. The summed E-state index contributed by atoms with van der Waals surface area (Å²) in [6.07, 6.45) is 5.84. The highest BCUT2D eigenvalue weighted by Gasteiger charge is 2.35. The molecular formula is C33H50N4O3. The van der Waals surface area contributed by atoms with Gasteiger partial charge < -0.3 is 25.6 Å². The zero-order valence-electron chi connectivity index (χ0n) is 25.2. The maximum Gasteiger partial charge on any atom is 0.317 e. The maximum atomic E-state index is 13.2. The number of hydrogen-bond acceptors (Lipinski definition) is 3. The van der Waals surface area contributed by atoms with Crippen LogP contribution in [0.4, 0.5) is 9.59 Å². The molecule has 0 radical (unpaired) electrons. The fraction of sp³-hybridized carbons (Fsp3) is 0.576. The van der Waals surface area contributed by atoms with E-state index in [9.17, 15) is 9.59 Å². The molecule has 0 aromatic heterocycles. The number of nitrogens with one attached hydrogen (secondary N) is 1. The van der Waals surface area contributed by atoms with E-state index < -0.39 is 6.03 Å². The van der Waals surface area contributed by atoms with Crippen LogP contribution < -0.4 is 15.8 Å². The number of primary amides is 1. The van der Waals surface area contributed by atoms with Crippen molar-refractivity contribution in [1.82, 2.24) is 15.1 Å². The highest BCUT2D eigenvalue weighted by Crippen LogP contribution is 2.29. The van der Waals surface area contributed by atoms with Crippen molar-refractivity contribution in [2.45, 2.75) is 91.8 Å². The first-order valence-corrected chi connectivity index (χ1v) is 14.9. The Kier molecular flexibility index (Phi) is 11.7. The van der Waals surface area contributed by atoms with Crippen molar-refractivity contribution in [3.8, 4) is 5.75 Å². The quantitative estimate of drug-likeness (QED) is 0.330. The van der Waals surface area contributed by atoms with Crippen molar-refractivity contribution in [3.05, 3.63) is 65.7 Å². The number of carbonyl (C=O) groups excluding carboxylic acids is 2. The van der Waals surface area contributed by atoms with Gasteiger partial charge in [-0.3, -0.25) is 0 Å². The van der Waals surface area contributed by atoms with E-state index in [-0.39, 0.29) is 23.5 Å². The van der Waals surface area contributed by atoms with Gasteiger partial charge in [0, 0.05) is 31.7 Å². The number of hydrogen-bond donors (Lipinski definition) is 2. The third-order valence-corrected chi connectivity index (χ3v) is 7.65. The number of carbonyl (C=O) groups is 2. The second kappa shape index (κ2) is 15.0. The number of nitrogens with two attached hydrogens (primary N) is 1. The molecule has 1 saturated heterocycles. The van der Waals surface area contributed by atoms with E-state index in [0.29, 0.717) is 25.5 Å². The van der Waals surface area contributed by atoms with Gasteiger partial charge in [-0.2, -0.15) is 0 Å². The van der Waals surface area contributed by atoms with Gasteiger partial charge >= 0.3 is 12.1 Å². The number of likely N-dealkylation sites (tertiary alicyclic amines) is 1. The van der Waals surface area contributed by atoms with Crippen LogP contribution in [-0.4, -0.2) is 53.6 Å². The van der Waals surface area contributed by atoms with Crippen LogP contribution in [0.2, 0.25) is 0 Å². The van der Waals surface area contributed by atoms with E-state index in [1.165, 1.54) is 12.8 Å². The Hall–Kier alpha value is -3.22. The summed E-state index contributed by atoms with van der Waals surface area (Å²) in [5, 5.41) is 3.26. The molecule has 1 fully saturated rings. The molecule has 2 atom stereocenters. The molecule has 3 N–H and O–H groups in total. The molecule has 2 unspecified atom stereocenters. The van der Waals surface area contributed by atoms with Crippen LogP contribution in [0.25, 0.3) is 0 Å². The lowest BCUT2D eigenvalue weighted by Gasteiger charge is -2.41. The second-order valence-electron chi connectivity index (χ2n) is 12.7. The molecule has 0 spiro atoms. The normalized spacial score (nSPS) is 15.7. The van der Waals surface area contributed by atoms with E-state index >= 15 is 0 Å². The zero-order chi connectivity index (χ0) is 29.1. The molecule has 40 heavy (non-hydrogen) atoms. The number of rotatable bonds is 11. The fourth-order valence-corrected chi connectivity index (χ4v) is 5.47. The first-order valence-electron chi connectivity index (χ1n) is 14.9. The average molecular weight is 551 g/mol. The van der Waals surface area contributed by atoms with Crippen LogP contribution in [0.1, 0.15) is 77.8 Å². The molecule has 1 heterocycles. The largest absolute Gasteiger partial charge is 0.489 e. The molecule has 3 rings (SSSR count). The standard InChI is InChI=1S/C33H50N4O3/c1-25(2)21-28(35-32(39)36-19-11-6-7-12-20-36)23-37(31(34)38)30(33(3,4)5)22-26-15-17-29(18-16-26)40-24-27-13-9-8-10-14-27/h8-10,13-18,25,28,30H,6-7,11-12,19-24H2,1-5H3,(H2,34,38)(H,35,39). The minimum Gasteiger partial charge on any atom is -0.489 e. The number of urea groups is 2. The van der Waals surface area contributed by atoms with E-state index in [1.54, 1.807) is 4.90 Å². The van der Waals surface area contributed by atoms with Crippen molar-refractivity contribution in [1.29, 1.82) is 0 Å². The Morgan fingerprint density at radius 2 is 1.57 bits per heavy atom. The van der Waals surface area contributed by atoms with Gasteiger partial charge in [-0.05, 0) is 60.3 Å². The van der Waals surface area contributed by atoms with E-state index in [1.807, 2.05) is 47.4 Å². The van der Waals surface area contributed by atoms with Gasteiger partial charge in [0.1, 0.15) is 12.4 Å². The number of ether oxygens (including phenoxy) is 1. The van der Waals surface area contributed by atoms with Gasteiger partial charge in [0.05, 0.1) is 0 Å².